The zero-order valence-electron chi connectivity index (χ0n) is 16.5. The summed E-state index contributed by atoms with van der Waals surface area (Å²) < 4.78 is 29.3. The van der Waals surface area contributed by atoms with Gasteiger partial charge >= 0.3 is 0 Å². The number of nitrogens with one attached hydrogen (secondary N) is 1. The molecule has 0 spiro atoms. The molecule has 3 saturated carbocycles. The fourth-order valence-electron chi connectivity index (χ4n) is 4.50. The van der Waals surface area contributed by atoms with Crippen molar-refractivity contribution < 1.29 is 28.3 Å². The first-order chi connectivity index (χ1) is 14.4. The van der Waals surface area contributed by atoms with Crippen LogP contribution in [0.3, 0.4) is 0 Å². The smallest absolute Gasteiger partial charge is 0.258 e. The Morgan fingerprint density at radius 2 is 2.17 bits per heavy atom. The summed E-state index contributed by atoms with van der Waals surface area (Å²) in [5.74, 6) is 0.156. The number of amides is 1. The predicted octanol–water partition coefficient (Wildman–Crippen LogP) is 2.52. The van der Waals surface area contributed by atoms with Gasteiger partial charge in [0.05, 0.1) is 16.5 Å². The molecule has 2 N–H and O–H groups in total. The van der Waals surface area contributed by atoms with Gasteiger partial charge in [-0.05, 0) is 44.2 Å². The lowest BCUT2D eigenvalue weighted by Crippen LogP contribution is -2.64. The molecule has 1 atom stereocenters. The summed E-state index contributed by atoms with van der Waals surface area (Å²) in [6.45, 7) is -0.0126. The van der Waals surface area contributed by atoms with Crippen LogP contribution in [0.1, 0.15) is 43.8 Å². The van der Waals surface area contributed by atoms with Gasteiger partial charge in [0, 0.05) is 18.7 Å². The van der Waals surface area contributed by atoms with Crippen LogP contribution in [-0.2, 0) is 21.6 Å². The Balaban J connectivity index is 1.37. The fourth-order valence-corrected chi connectivity index (χ4v) is 4.62. The highest BCUT2D eigenvalue weighted by Gasteiger charge is 2.58. The number of halogens is 2. The maximum absolute atomic E-state index is 13.5. The van der Waals surface area contributed by atoms with Gasteiger partial charge in [-0.2, -0.15) is 4.98 Å². The molecule has 1 unspecified atom stereocenters. The molecule has 1 aromatic heterocycles. The number of aliphatic hydroxyl groups is 1. The Morgan fingerprint density at radius 1 is 1.40 bits per heavy atom. The number of benzene rings is 1. The minimum absolute atomic E-state index is 0.0110. The van der Waals surface area contributed by atoms with Gasteiger partial charge in [-0.1, -0.05) is 16.8 Å². The van der Waals surface area contributed by atoms with Crippen LogP contribution in [0.25, 0.3) is 0 Å². The van der Waals surface area contributed by atoms with Crippen molar-refractivity contribution in [2.75, 3.05) is 13.7 Å². The summed E-state index contributed by atoms with van der Waals surface area (Å²) in [5, 5.41) is 17.8. The molecule has 0 radical (unpaired) electrons. The Kier molecular flexibility index (Phi) is 5.69. The second-order valence-corrected chi connectivity index (χ2v) is 8.43. The van der Waals surface area contributed by atoms with Crippen LogP contribution >= 0.6 is 11.6 Å². The van der Waals surface area contributed by atoms with E-state index in [1.807, 2.05) is 0 Å². The van der Waals surface area contributed by atoms with E-state index in [9.17, 15) is 14.3 Å². The van der Waals surface area contributed by atoms with Gasteiger partial charge in [-0.3, -0.25) is 4.79 Å². The van der Waals surface area contributed by atoms with E-state index in [1.165, 1.54) is 12.1 Å². The number of rotatable bonds is 7. The molecule has 2 aromatic rings. The number of nitrogens with zero attached hydrogens (tertiary/aromatic N) is 2. The van der Waals surface area contributed by atoms with Crippen molar-refractivity contribution in [3.05, 3.63) is 40.8 Å². The van der Waals surface area contributed by atoms with Gasteiger partial charge in [0.25, 0.3) is 5.91 Å². The van der Waals surface area contributed by atoms with Gasteiger partial charge in [0.2, 0.25) is 5.89 Å². The number of ether oxygens (including phenoxy) is 2. The first-order valence-electron chi connectivity index (χ1n) is 9.75. The van der Waals surface area contributed by atoms with Crippen molar-refractivity contribution in [2.24, 2.45) is 0 Å². The topological polar surface area (TPSA) is 107 Å². The molecule has 1 aromatic carbocycles. The Bertz CT molecular complexity index is 929. The van der Waals surface area contributed by atoms with Crippen molar-refractivity contribution >= 4 is 17.5 Å². The van der Waals surface area contributed by atoms with Gasteiger partial charge in [-0.15, -0.1) is 0 Å². The maximum Gasteiger partial charge on any atom is 0.258 e. The number of methoxy groups -OCH3 is 1. The summed E-state index contributed by atoms with van der Waals surface area (Å²) in [4.78, 5) is 16.8. The second-order valence-electron chi connectivity index (χ2n) is 8.02. The molecule has 0 aliphatic heterocycles. The molecule has 3 aliphatic carbocycles. The number of hydrogen-bond acceptors (Lipinski definition) is 7. The molecule has 10 heteroatoms. The third kappa shape index (κ3) is 3.89. The quantitative estimate of drug-likeness (QED) is 0.682. The van der Waals surface area contributed by atoms with Crippen LogP contribution < -0.4 is 10.1 Å². The molecular formula is C20H23ClFN3O5. The van der Waals surface area contributed by atoms with Crippen LogP contribution in [0.4, 0.5) is 4.39 Å². The zero-order valence-corrected chi connectivity index (χ0v) is 17.2. The Hall–Kier alpha value is -2.23. The molecule has 3 fully saturated rings. The van der Waals surface area contributed by atoms with Crippen molar-refractivity contribution in [3.63, 3.8) is 0 Å². The minimum Gasteiger partial charge on any atom is -0.484 e. The van der Waals surface area contributed by atoms with E-state index in [2.05, 4.69) is 15.5 Å². The normalized spacial score (nSPS) is 27.8. The highest BCUT2D eigenvalue weighted by molar-refractivity contribution is 6.30. The van der Waals surface area contributed by atoms with Crippen LogP contribution in [0, 0.1) is 5.82 Å². The Morgan fingerprint density at radius 3 is 2.83 bits per heavy atom. The summed E-state index contributed by atoms with van der Waals surface area (Å²) >= 11 is 5.65. The third-order valence-electron chi connectivity index (χ3n) is 6.15. The first-order valence-corrected chi connectivity index (χ1v) is 10.1. The van der Waals surface area contributed by atoms with E-state index >= 15 is 0 Å². The SMILES string of the molecule is COCc1noc(C23CCC(NC(=O)COc4ccc(Cl)c(F)c4)(CC2)CC3O)n1. The van der Waals surface area contributed by atoms with E-state index in [4.69, 9.17) is 25.6 Å². The average molecular weight is 440 g/mol. The van der Waals surface area contributed by atoms with Gasteiger partial charge < -0.3 is 24.4 Å². The van der Waals surface area contributed by atoms with Crippen molar-refractivity contribution in [1.82, 2.24) is 15.5 Å². The molecule has 5 rings (SSSR count). The van der Waals surface area contributed by atoms with Crippen LogP contribution in [-0.4, -0.2) is 46.5 Å². The summed E-state index contributed by atoms with van der Waals surface area (Å²) in [6, 6.07) is 4.00. The molecule has 1 heterocycles. The van der Waals surface area contributed by atoms with E-state index in [-0.39, 0.29) is 29.9 Å². The summed E-state index contributed by atoms with van der Waals surface area (Å²) in [6.07, 6.45) is 2.25. The first kappa shape index (κ1) is 21.0. The van der Waals surface area contributed by atoms with Gasteiger partial charge in [0.1, 0.15) is 18.2 Å². The molecule has 3 aliphatic rings. The fraction of sp³-hybridized carbons (Fsp3) is 0.550. The number of carbonyl (C=O) groups excluding carboxylic acids is 1. The zero-order chi connectivity index (χ0) is 21.4. The number of fused-ring (bicyclic) bond motifs is 3. The standard InChI is InChI=1S/C20H23ClFN3O5/c1-28-10-16-23-18(30-25-16)20-6-4-19(5-7-20,9-15(20)26)24-17(27)11-29-12-2-3-13(21)14(22)8-12/h2-3,8,15,26H,4-7,9-11H2,1H3,(H,24,27). The number of hydrogen-bond donors (Lipinski definition) is 2. The predicted molar refractivity (Wildman–Crippen MR) is 104 cm³/mol. The lowest BCUT2D eigenvalue weighted by atomic mass is 9.55. The summed E-state index contributed by atoms with van der Waals surface area (Å²) in [7, 11) is 1.55. The molecule has 8 nitrogen and oxygen atoms in total. The van der Waals surface area contributed by atoms with E-state index < -0.39 is 22.9 Å². The van der Waals surface area contributed by atoms with E-state index in [0.717, 1.165) is 6.07 Å². The van der Waals surface area contributed by atoms with Crippen molar-refractivity contribution in [2.45, 2.75) is 55.8 Å². The highest BCUT2D eigenvalue weighted by Crippen LogP contribution is 2.53. The van der Waals surface area contributed by atoms with E-state index in [1.54, 1.807) is 7.11 Å². The minimum atomic E-state index is -0.720. The van der Waals surface area contributed by atoms with Crippen LogP contribution in [0.15, 0.2) is 22.7 Å². The molecule has 0 saturated heterocycles. The molecule has 162 valence electrons. The molecular weight excluding hydrogens is 417 g/mol. The average Bonchev–Trinajstić information content (AvgIpc) is 3.19. The van der Waals surface area contributed by atoms with Gasteiger partial charge in [0.15, 0.2) is 12.4 Å². The Labute approximate surface area is 177 Å². The number of aromatic nitrogens is 2. The summed E-state index contributed by atoms with van der Waals surface area (Å²) in [5.41, 5.74) is -1.11. The van der Waals surface area contributed by atoms with E-state index in [0.29, 0.717) is 43.8 Å². The van der Waals surface area contributed by atoms with Crippen LogP contribution in [0.2, 0.25) is 5.02 Å². The molecule has 1 amide bonds. The van der Waals surface area contributed by atoms with Crippen molar-refractivity contribution in [1.29, 1.82) is 0 Å². The monoisotopic (exact) mass is 439 g/mol. The maximum atomic E-state index is 13.5. The van der Waals surface area contributed by atoms with Gasteiger partial charge in [-0.25, -0.2) is 4.39 Å². The molecule has 30 heavy (non-hydrogen) atoms. The second kappa shape index (κ2) is 8.13. The third-order valence-corrected chi connectivity index (χ3v) is 6.46. The van der Waals surface area contributed by atoms with Crippen LogP contribution in [0.5, 0.6) is 5.75 Å². The number of carbonyl (C=O) groups is 1. The highest BCUT2D eigenvalue weighted by atomic mass is 35.5. The lowest BCUT2D eigenvalue weighted by Gasteiger charge is -2.54. The lowest BCUT2D eigenvalue weighted by molar-refractivity contribution is -0.129. The number of aliphatic hydroxyl groups excluding tert-OH is 1. The largest absolute Gasteiger partial charge is 0.484 e. The van der Waals surface area contributed by atoms with Crippen molar-refractivity contribution in [3.8, 4) is 5.75 Å². The molecule has 2 bridgehead atoms.